The molecule has 4 rings (SSSR count). The first kappa shape index (κ1) is 22.8. The molecule has 0 saturated heterocycles. The fourth-order valence-electron chi connectivity index (χ4n) is 3.41. The van der Waals surface area contributed by atoms with Crippen molar-refractivity contribution in [2.24, 2.45) is 0 Å². The second-order valence-corrected chi connectivity index (χ2v) is 8.94. The van der Waals surface area contributed by atoms with E-state index in [0.29, 0.717) is 6.54 Å². The smallest absolute Gasteiger partial charge is 0.239 e. The molecular weight excluding hydrogens is 434 g/mol. The number of aromatic nitrogens is 3. The summed E-state index contributed by atoms with van der Waals surface area (Å²) in [5.41, 5.74) is 3.74. The highest BCUT2D eigenvalue weighted by Crippen LogP contribution is 2.31. The van der Waals surface area contributed by atoms with Crippen LogP contribution in [0.15, 0.2) is 54.6 Å². The van der Waals surface area contributed by atoms with E-state index in [1.165, 1.54) is 0 Å². The van der Waals surface area contributed by atoms with E-state index in [1.54, 1.807) is 11.3 Å². The lowest BCUT2D eigenvalue weighted by molar-refractivity contribution is -0.119. The van der Waals surface area contributed by atoms with Gasteiger partial charge in [0.15, 0.2) is 10.8 Å². The number of unbranched alkanes of at least 4 members (excludes halogenated alkanes) is 1. The highest BCUT2D eigenvalue weighted by Gasteiger charge is 2.18. The maximum Gasteiger partial charge on any atom is 0.239 e. The SMILES string of the molecule is CCCCOc1ccc(CNC(=O)CN(C)c2nc3c(s2)c(C)nn3-c2ccccc2)cc1. The van der Waals surface area contributed by atoms with Crippen molar-refractivity contribution in [3.63, 3.8) is 0 Å². The molecule has 0 radical (unpaired) electrons. The zero-order valence-corrected chi connectivity index (χ0v) is 20.1. The number of hydrogen-bond donors (Lipinski definition) is 1. The zero-order valence-electron chi connectivity index (χ0n) is 19.2. The van der Waals surface area contributed by atoms with E-state index in [2.05, 4.69) is 17.3 Å². The van der Waals surface area contributed by atoms with Crippen LogP contribution in [0.3, 0.4) is 0 Å². The highest BCUT2D eigenvalue weighted by atomic mass is 32.1. The Morgan fingerprint density at radius 1 is 1.15 bits per heavy atom. The van der Waals surface area contributed by atoms with Gasteiger partial charge in [0, 0.05) is 13.6 Å². The summed E-state index contributed by atoms with van der Waals surface area (Å²) in [7, 11) is 1.88. The first-order valence-corrected chi connectivity index (χ1v) is 12.0. The minimum atomic E-state index is -0.0542. The Morgan fingerprint density at radius 2 is 1.91 bits per heavy atom. The van der Waals surface area contributed by atoms with Crippen LogP contribution in [0, 0.1) is 6.92 Å². The molecule has 33 heavy (non-hydrogen) atoms. The van der Waals surface area contributed by atoms with Gasteiger partial charge < -0.3 is 15.0 Å². The standard InChI is InChI=1S/C25H29N5O2S/c1-4-5-15-32-21-13-11-19(12-14-21)16-26-22(31)17-29(3)25-27-24-23(33-25)18(2)28-30(24)20-9-7-6-8-10-20/h6-14H,4-5,15-17H2,1-3H3,(H,26,31). The maximum atomic E-state index is 12.5. The van der Waals surface area contributed by atoms with Gasteiger partial charge in [-0.2, -0.15) is 10.1 Å². The number of benzene rings is 2. The van der Waals surface area contributed by atoms with Crippen molar-refractivity contribution in [2.45, 2.75) is 33.2 Å². The molecule has 0 unspecified atom stereocenters. The van der Waals surface area contributed by atoms with Gasteiger partial charge in [-0.05, 0) is 43.2 Å². The molecule has 0 aliphatic heterocycles. The molecule has 0 atom stereocenters. The molecule has 0 aliphatic rings. The molecule has 0 spiro atoms. The van der Waals surface area contributed by atoms with Crippen LogP contribution in [0.25, 0.3) is 16.0 Å². The molecule has 7 nitrogen and oxygen atoms in total. The molecule has 1 amide bonds. The summed E-state index contributed by atoms with van der Waals surface area (Å²) >= 11 is 1.55. The second kappa shape index (κ2) is 10.5. The number of anilines is 1. The molecule has 0 aliphatic carbocycles. The fourth-order valence-corrected chi connectivity index (χ4v) is 4.36. The quantitative estimate of drug-likeness (QED) is 0.345. The molecule has 1 N–H and O–H groups in total. The fraction of sp³-hybridized carbons (Fsp3) is 0.320. The van der Waals surface area contributed by atoms with Crippen molar-refractivity contribution < 1.29 is 9.53 Å². The van der Waals surface area contributed by atoms with Crippen LogP contribution in [-0.2, 0) is 11.3 Å². The summed E-state index contributed by atoms with van der Waals surface area (Å²) in [6, 6.07) is 17.8. The van der Waals surface area contributed by atoms with Gasteiger partial charge in [-0.3, -0.25) is 4.79 Å². The van der Waals surface area contributed by atoms with Gasteiger partial charge in [-0.25, -0.2) is 4.68 Å². The summed E-state index contributed by atoms with van der Waals surface area (Å²) in [6.07, 6.45) is 2.16. The Balaban J connectivity index is 1.35. The van der Waals surface area contributed by atoms with E-state index in [1.807, 2.05) is 78.2 Å². The Morgan fingerprint density at radius 3 is 2.64 bits per heavy atom. The molecule has 2 aromatic heterocycles. The van der Waals surface area contributed by atoms with Crippen molar-refractivity contribution in [1.29, 1.82) is 0 Å². The third-order valence-electron chi connectivity index (χ3n) is 5.26. The van der Waals surface area contributed by atoms with Gasteiger partial charge in [0.25, 0.3) is 0 Å². The van der Waals surface area contributed by atoms with Crippen molar-refractivity contribution in [2.75, 3.05) is 25.1 Å². The average Bonchev–Trinajstić information content (AvgIpc) is 3.40. The van der Waals surface area contributed by atoms with Gasteiger partial charge in [0.1, 0.15) is 5.75 Å². The van der Waals surface area contributed by atoms with Crippen LogP contribution in [0.2, 0.25) is 0 Å². The highest BCUT2D eigenvalue weighted by molar-refractivity contribution is 7.22. The molecule has 2 aromatic carbocycles. The first-order chi connectivity index (χ1) is 16.0. The minimum Gasteiger partial charge on any atom is -0.494 e. The Kier molecular flexibility index (Phi) is 7.24. The van der Waals surface area contributed by atoms with Gasteiger partial charge in [-0.15, -0.1) is 0 Å². The molecule has 172 valence electrons. The lowest BCUT2D eigenvalue weighted by Gasteiger charge is -2.15. The van der Waals surface area contributed by atoms with Crippen molar-refractivity contribution in [3.8, 4) is 11.4 Å². The van der Waals surface area contributed by atoms with E-state index in [-0.39, 0.29) is 12.5 Å². The number of amides is 1. The summed E-state index contributed by atoms with van der Waals surface area (Å²) in [5.74, 6) is 0.805. The number of hydrogen-bond acceptors (Lipinski definition) is 6. The van der Waals surface area contributed by atoms with Crippen LogP contribution in [0.1, 0.15) is 31.0 Å². The Bertz CT molecular complexity index is 1200. The number of carbonyl (C=O) groups excluding carboxylic acids is 1. The van der Waals surface area contributed by atoms with E-state index >= 15 is 0 Å². The van der Waals surface area contributed by atoms with Gasteiger partial charge in [-0.1, -0.05) is 55.0 Å². The second-order valence-electron chi connectivity index (χ2n) is 7.96. The van der Waals surface area contributed by atoms with Crippen LogP contribution < -0.4 is 15.0 Å². The number of para-hydroxylation sites is 1. The number of likely N-dealkylation sites (N-methyl/N-ethyl adjacent to an activating group) is 1. The van der Waals surface area contributed by atoms with Gasteiger partial charge >= 0.3 is 0 Å². The topological polar surface area (TPSA) is 72.3 Å². The summed E-state index contributed by atoms with van der Waals surface area (Å²) < 4.78 is 8.57. The van der Waals surface area contributed by atoms with Crippen molar-refractivity contribution in [1.82, 2.24) is 20.1 Å². The predicted molar refractivity (Wildman–Crippen MR) is 133 cm³/mol. The van der Waals surface area contributed by atoms with Gasteiger partial charge in [0.2, 0.25) is 5.91 Å². The number of rotatable bonds is 10. The molecule has 0 fully saturated rings. The lowest BCUT2D eigenvalue weighted by atomic mass is 10.2. The number of thiazole rings is 1. The molecule has 0 saturated carbocycles. The molecule has 4 aromatic rings. The number of nitrogens with zero attached hydrogens (tertiary/aromatic N) is 4. The van der Waals surface area contributed by atoms with Crippen LogP contribution in [0.4, 0.5) is 5.13 Å². The third kappa shape index (κ3) is 5.51. The number of ether oxygens (including phenoxy) is 1. The van der Waals surface area contributed by atoms with E-state index in [0.717, 1.165) is 57.6 Å². The first-order valence-electron chi connectivity index (χ1n) is 11.2. The molecule has 8 heteroatoms. The molecular formula is C25H29N5O2S. The van der Waals surface area contributed by atoms with Crippen LogP contribution >= 0.6 is 11.3 Å². The Hall–Kier alpha value is -3.39. The third-order valence-corrected chi connectivity index (χ3v) is 6.53. The summed E-state index contributed by atoms with van der Waals surface area (Å²) in [4.78, 5) is 19.2. The molecule has 2 heterocycles. The summed E-state index contributed by atoms with van der Waals surface area (Å²) in [5, 5.41) is 8.41. The van der Waals surface area contributed by atoms with E-state index in [9.17, 15) is 4.79 Å². The molecule has 0 bridgehead atoms. The van der Waals surface area contributed by atoms with Crippen LogP contribution in [-0.4, -0.2) is 40.9 Å². The number of carbonyl (C=O) groups is 1. The van der Waals surface area contributed by atoms with Gasteiger partial charge in [0.05, 0.1) is 29.2 Å². The predicted octanol–water partition coefficient (Wildman–Crippen LogP) is 4.72. The van der Waals surface area contributed by atoms with Crippen molar-refractivity contribution >= 4 is 32.7 Å². The zero-order chi connectivity index (χ0) is 23.2. The lowest BCUT2D eigenvalue weighted by Crippen LogP contribution is -2.34. The monoisotopic (exact) mass is 463 g/mol. The largest absolute Gasteiger partial charge is 0.494 e. The van der Waals surface area contributed by atoms with E-state index < -0.39 is 0 Å². The minimum absolute atomic E-state index is 0.0542. The van der Waals surface area contributed by atoms with Crippen molar-refractivity contribution in [3.05, 3.63) is 65.9 Å². The number of aryl methyl sites for hydroxylation is 1. The van der Waals surface area contributed by atoms with E-state index in [4.69, 9.17) is 9.72 Å². The van der Waals surface area contributed by atoms with Crippen LogP contribution in [0.5, 0.6) is 5.75 Å². The maximum absolute atomic E-state index is 12.5. The Labute approximate surface area is 198 Å². The average molecular weight is 464 g/mol. The number of nitrogens with one attached hydrogen (secondary N) is 1. The summed E-state index contributed by atoms with van der Waals surface area (Å²) in [6.45, 7) is 5.56. The normalized spacial score (nSPS) is 11.0. The number of fused-ring (bicyclic) bond motifs is 1.